The molecule has 0 unspecified atom stereocenters. The predicted octanol–water partition coefficient (Wildman–Crippen LogP) is 2.00. The number of halogens is 1. The van der Waals surface area contributed by atoms with Crippen molar-refractivity contribution in [2.24, 2.45) is 5.73 Å². The fourth-order valence-electron chi connectivity index (χ4n) is 2.79. The molecule has 1 aromatic carbocycles. The van der Waals surface area contributed by atoms with Gasteiger partial charge in [-0.3, -0.25) is 10.2 Å². The van der Waals surface area contributed by atoms with Crippen LogP contribution in [0.25, 0.3) is 11.0 Å². The Morgan fingerprint density at radius 2 is 1.93 bits per heavy atom. The topological polar surface area (TPSA) is 141 Å². The number of fused-ring (bicyclic) bond motifs is 1. The molecule has 0 aliphatic rings. The van der Waals surface area contributed by atoms with Gasteiger partial charge in [0.1, 0.15) is 36.0 Å². The van der Waals surface area contributed by atoms with Gasteiger partial charge in [0.15, 0.2) is 5.82 Å². The number of pyridine rings is 2. The van der Waals surface area contributed by atoms with Gasteiger partial charge in [0.25, 0.3) is 5.88 Å². The normalized spacial score (nSPS) is 10.7. The van der Waals surface area contributed by atoms with E-state index in [1.54, 1.807) is 31.2 Å². The van der Waals surface area contributed by atoms with Gasteiger partial charge < -0.3 is 24.9 Å². The van der Waals surface area contributed by atoms with Gasteiger partial charge in [0.2, 0.25) is 5.43 Å². The van der Waals surface area contributed by atoms with E-state index in [-0.39, 0.29) is 36.0 Å². The number of rotatable bonds is 8. The Hall–Kier alpha value is -3.95. The standard InChI is InChI=1S/C20H19FN4O5/c1-2-25-10-14(20(27)28)16(26)13-9-15(21)19(24-18(13)25)30-8-7-29-12-5-3-11(4-6-12)17(22)23/h3-6,9-10H,2,7-8H2,1H3,(H3,22,23)(H,27,28). The van der Waals surface area contributed by atoms with Crippen molar-refractivity contribution < 1.29 is 23.8 Å². The highest BCUT2D eigenvalue weighted by atomic mass is 19.1. The van der Waals surface area contributed by atoms with Crippen LogP contribution in [0.5, 0.6) is 11.6 Å². The molecule has 0 aliphatic carbocycles. The summed E-state index contributed by atoms with van der Waals surface area (Å²) in [4.78, 5) is 27.6. The molecule has 9 nitrogen and oxygen atoms in total. The van der Waals surface area contributed by atoms with Crippen LogP contribution < -0.4 is 20.6 Å². The van der Waals surface area contributed by atoms with E-state index in [2.05, 4.69) is 4.98 Å². The number of nitrogen functional groups attached to an aromatic ring is 1. The van der Waals surface area contributed by atoms with Gasteiger partial charge in [-0.25, -0.2) is 9.18 Å². The van der Waals surface area contributed by atoms with Crippen molar-refractivity contribution in [3.63, 3.8) is 0 Å². The number of nitrogens with zero attached hydrogens (tertiary/aromatic N) is 2. The lowest BCUT2D eigenvalue weighted by molar-refractivity contribution is 0.0695. The molecular weight excluding hydrogens is 395 g/mol. The van der Waals surface area contributed by atoms with E-state index >= 15 is 0 Å². The number of nitrogens with one attached hydrogen (secondary N) is 1. The number of carboxylic acid groups (broad SMARTS) is 1. The molecule has 0 saturated heterocycles. The minimum Gasteiger partial charge on any atom is -0.490 e. The third-order valence-corrected chi connectivity index (χ3v) is 4.30. The molecule has 0 bridgehead atoms. The molecule has 3 aromatic rings. The van der Waals surface area contributed by atoms with Crippen LogP contribution in [-0.2, 0) is 6.54 Å². The maximum atomic E-state index is 14.4. The summed E-state index contributed by atoms with van der Waals surface area (Å²) >= 11 is 0. The van der Waals surface area contributed by atoms with Gasteiger partial charge in [-0.05, 0) is 37.3 Å². The molecule has 0 radical (unpaired) electrons. The first-order chi connectivity index (χ1) is 14.3. The Morgan fingerprint density at radius 3 is 2.53 bits per heavy atom. The Morgan fingerprint density at radius 1 is 1.27 bits per heavy atom. The van der Waals surface area contributed by atoms with E-state index in [1.165, 1.54) is 10.8 Å². The number of hydrogen-bond donors (Lipinski definition) is 3. The fourth-order valence-corrected chi connectivity index (χ4v) is 2.79. The number of carboxylic acids is 1. The van der Waals surface area contributed by atoms with Crippen molar-refractivity contribution in [2.75, 3.05) is 13.2 Å². The number of aromatic carboxylic acids is 1. The minimum atomic E-state index is -1.39. The van der Waals surface area contributed by atoms with E-state index in [0.29, 0.717) is 17.9 Å². The van der Waals surface area contributed by atoms with Crippen molar-refractivity contribution >= 4 is 22.8 Å². The molecule has 2 aromatic heterocycles. The fraction of sp³-hybridized carbons (Fsp3) is 0.200. The van der Waals surface area contributed by atoms with Crippen LogP contribution >= 0.6 is 0 Å². The molecule has 10 heteroatoms. The second-order valence-electron chi connectivity index (χ2n) is 6.24. The second-order valence-corrected chi connectivity index (χ2v) is 6.24. The number of ether oxygens (including phenoxy) is 2. The Bertz CT molecular complexity index is 1170. The third kappa shape index (κ3) is 4.22. The average molecular weight is 414 g/mol. The minimum absolute atomic E-state index is 0.0204. The van der Waals surface area contributed by atoms with Gasteiger partial charge in [-0.2, -0.15) is 4.98 Å². The summed E-state index contributed by atoms with van der Waals surface area (Å²) in [7, 11) is 0. The molecule has 0 atom stereocenters. The van der Waals surface area contributed by atoms with E-state index in [9.17, 15) is 14.0 Å². The molecule has 3 rings (SSSR count). The molecule has 0 fully saturated rings. The number of hydrogen-bond acceptors (Lipinski definition) is 6. The molecule has 0 amide bonds. The predicted molar refractivity (Wildman–Crippen MR) is 107 cm³/mol. The zero-order valence-corrected chi connectivity index (χ0v) is 16.0. The summed E-state index contributed by atoms with van der Waals surface area (Å²) in [5.74, 6) is -2.11. The summed E-state index contributed by atoms with van der Waals surface area (Å²) in [5.41, 5.74) is 4.82. The number of aryl methyl sites for hydroxylation is 1. The zero-order chi connectivity index (χ0) is 21.8. The molecule has 2 heterocycles. The first-order valence-corrected chi connectivity index (χ1v) is 8.98. The van der Waals surface area contributed by atoms with E-state index in [0.717, 1.165) is 6.07 Å². The van der Waals surface area contributed by atoms with Crippen molar-refractivity contribution in [2.45, 2.75) is 13.5 Å². The number of amidine groups is 1. The van der Waals surface area contributed by atoms with E-state index in [1.807, 2.05) is 0 Å². The number of aromatic nitrogens is 2. The van der Waals surface area contributed by atoms with Gasteiger partial charge in [-0.15, -0.1) is 0 Å². The molecule has 156 valence electrons. The van der Waals surface area contributed by atoms with Gasteiger partial charge in [0, 0.05) is 18.3 Å². The number of nitrogens with two attached hydrogens (primary N) is 1. The highest BCUT2D eigenvalue weighted by Crippen LogP contribution is 2.20. The van der Waals surface area contributed by atoms with Gasteiger partial charge >= 0.3 is 5.97 Å². The largest absolute Gasteiger partial charge is 0.490 e. The van der Waals surface area contributed by atoms with Crippen LogP contribution in [0, 0.1) is 11.2 Å². The van der Waals surface area contributed by atoms with E-state index in [4.69, 9.17) is 25.7 Å². The maximum absolute atomic E-state index is 14.4. The molecule has 0 aliphatic heterocycles. The highest BCUT2D eigenvalue weighted by molar-refractivity contribution is 5.95. The summed E-state index contributed by atoms with van der Waals surface area (Å²) in [6, 6.07) is 7.49. The van der Waals surface area contributed by atoms with Crippen LogP contribution in [0.3, 0.4) is 0 Å². The van der Waals surface area contributed by atoms with Crippen LogP contribution in [-0.4, -0.2) is 39.7 Å². The van der Waals surface area contributed by atoms with Crippen molar-refractivity contribution in [1.29, 1.82) is 5.41 Å². The monoisotopic (exact) mass is 414 g/mol. The first-order valence-electron chi connectivity index (χ1n) is 8.98. The zero-order valence-electron chi connectivity index (χ0n) is 16.0. The lowest BCUT2D eigenvalue weighted by Crippen LogP contribution is -2.20. The average Bonchev–Trinajstić information content (AvgIpc) is 2.72. The van der Waals surface area contributed by atoms with Crippen LogP contribution in [0.2, 0.25) is 0 Å². The number of benzene rings is 1. The van der Waals surface area contributed by atoms with Crippen LogP contribution in [0.4, 0.5) is 4.39 Å². The third-order valence-electron chi connectivity index (χ3n) is 4.30. The first kappa shape index (κ1) is 20.8. The van der Waals surface area contributed by atoms with Gasteiger partial charge in [-0.1, -0.05) is 0 Å². The maximum Gasteiger partial charge on any atom is 0.341 e. The van der Waals surface area contributed by atoms with Crippen LogP contribution in [0.15, 0.2) is 41.3 Å². The summed E-state index contributed by atoms with van der Waals surface area (Å²) in [6.45, 7) is 2.14. The summed E-state index contributed by atoms with van der Waals surface area (Å²) in [5, 5.41) is 16.4. The molecule has 0 saturated carbocycles. The Labute approximate surface area is 170 Å². The molecular formula is C20H19FN4O5. The quantitative estimate of drug-likeness (QED) is 0.291. The van der Waals surface area contributed by atoms with Crippen LogP contribution in [0.1, 0.15) is 22.8 Å². The summed E-state index contributed by atoms with van der Waals surface area (Å²) < 4.78 is 26.7. The van der Waals surface area contributed by atoms with Crippen molar-refractivity contribution in [3.05, 3.63) is 63.7 Å². The molecule has 30 heavy (non-hydrogen) atoms. The Kier molecular flexibility index (Phi) is 5.95. The smallest absolute Gasteiger partial charge is 0.341 e. The van der Waals surface area contributed by atoms with Crippen molar-refractivity contribution in [1.82, 2.24) is 9.55 Å². The van der Waals surface area contributed by atoms with Crippen molar-refractivity contribution in [3.8, 4) is 11.6 Å². The summed E-state index contributed by atoms with van der Waals surface area (Å²) in [6.07, 6.45) is 1.18. The Balaban J connectivity index is 1.75. The second kappa shape index (κ2) is 8.60. The lowest BCUT2D eigenvalue weighted by Gasteiger charge is -2.12. The molecule has 0 spiro atoms. The molecule has 4 N–H and O–H groups in total. The SMILES string of the molecule is CCn1cc(C(=O)O)c(=O)c2cc(F)c(OCCOc3ccc(C(=N)N)cc3)nc21. The van der Waals surface area contributed by atoms with Gasteiger partial charge in [0.05, 0.1) is 5.39 Å². The lowest BCUT2D eigenvalue weighted by atomic mass is 10.2. The highest BCUT2D eigenvalue weighted by Gasteiger charge is 2.18. The van der Waals surface area contributed by atoms with E-state index < -0.39 is 22.8 Å². The number of carbonyl (C=O) groups is 1.